The normalized spacial score (nSPS) is 11.2. The zero-order chi connectivity index (χ0) is 14.0. The van der Waals surface area contributed by atoms with Gasteiger partial charge in [-0.2, -0.15) is 5.26 Å². The third kappa shape index (κ3) is 2.76. The Balaban J connectivity index is 2.56. The summed E-state index contributed by atoms with van der Waals surface area (Å²) in [6.45, 7) is 0. The molecule has 1 aromatic carbocycles. The lowest BCUT2D eigenvalue weighted by molar-refractivity contribution is 0.471. The van der Waals surface area contributed by atoms with E-state index in [1.54, 1.807) is 6.26 Å². The largest absolute Gasteiger partial charge is 0.508 e. The fraction of sp³-hybridized carbons (Fsp3) is 0.0833. The van der Waals surface area contributed by atoms with Crippen molar-refractivity contribution in [2.24, 2.45) is 0 Å². The molecule has 2 rings (SSSR count). The second-order valence-corrected chi connectivity index (χ2v) is 7.74. The summed E-state index contributed by atoms with van der Waals surface area (Å²) in [7, 11) is -3.69. The number of aromatic hydroxyl groups is 1. The first kappa shape index (κ1) is 13.9. The van der Waals surface area contributed by atoms with Gasteiger partial charge in [0.1, 0.15) is 20.9 Å². The number of nitrogens with zero attached hydrogens (tertiary/aromatic N) is 1. The topological polar surface area (TPSA) is 78.2 Å². The van der Waals surface area contributed by atoms with E-state index in [-0.39, 0.29) is 14.9 Å². The van der Waals surface area contributed by atoms with Gasteiger partial charge < -0.3 is 5.11 Å². The van der Waals surface area contributed by atoms with Crippen molar-refractivity contribution in [2.75, 3.05) is 6.26 Å². The Morgan fingerprint density at radius 2 is 2.05 bits per heavy atom. The first-order valence-corrected chi connectivity index (χ1v) is 8.63. The third-order valence-corrected chi connectivity index (χ3v) is 6.29. The van der Waals surface area contributed by atoms with E-state index in [1.807, 2.05) is 6.07 Å². The molecule has 0 bridgehead atoms. The first-order chi connectivity index (χ1) is 8.97. The van der Waals surface area contributed by atoms with E-state index in [0.29, 0.717) is 9.77 Å². The quantitative estimate of drug-likeness (QED) is 0.882. The number of thiophene rings is 1. The van der Waals surface area contributed by atoms with Crippen molar-refractivity contribution in [1.29, 1.82) is 5.26 Å². The summed E-state index contributed by atoms with van der Waals surface area (Å²) in [5.74, 6) is -0.0949. The molecule has 19 heavy (non-hydrogen) atoms. The van der Waals surface area contributed by atoms with E-state index in [1.165, 1.54) is 42.1 Å². The van der Waals surface area contributed by atoms with Gasteiger partial charge in [0.25, 0.3) is 0 Å². The molecule has 1 heterocycles. The molecule has 0 atom stereocenters. The van der Waals surface area contributed by atoms with Crippen LogP contribution in [-0.2, 0) is 9.84 Å². The van der Waals surface area contributed by atoms with Crippen LogP contribution in [-0.4, -0.2) is 19.8 Å². The summed E-state index contributed by atoms with van der Waals surface area (Å²) in [5.41, 5.74) is 0. The van der Waals surface area contributed by atoms with E-state index in [4.69, 9.17) is 5.26 Å². The van der Waals surface area contributed by atoms with E-state index in [9.17, 15) is 13.5 Å². The molecule has 1 aromatic heterocycles. The Morgan fingerprint density at radius 3 is 2.63 bits per heavy atom. The molecule has 0 amide bonds. The van der Waals surface area contributed by atoms with Gasteiger partial charge in [0.15, 0.2) is 0 Å². The van der Waals surface area contributed by atoms with Gasteiger partial charge in [0.05, 0.1) is 4.90 Å². The molecule has 0 aliphatic rings. The van der Waals surface area contributed by atoms with Crippen molar-refractivity contribution in [1.82, 2.24) is 0 Å². The van der Waals surface area contributed by atoms with Crippen molar-refractivity contribution in [3.63, 3.8) is 0 Å². The van der Waals surface area contributed by atoms with Crippen molar-refractivity contribution in [3.05, 3.63) is 35.2 Å². The Hall–Kier alpha value is -1.49. The SMILES string of the molecule is CSc1cc(O)cc(S(=O)(=O)c2ccc(C#N)s2)c1. The van der Waals surface area contributed by atoms with Gasteiger partial charge in [-0.3, -0.25) is 0 Å². The van der Waals surface area contributed by atoms with Gasteiger partial charge in [-0.15, -0.1) is 23.1 Å². The molecule has 0 spiro atoms. The smallest absolute Gasteiger partial charge is 0.216 e. The highest BCUT2D eigenvalue weighted by molar-refractivity contribution is 7.98. The Bertz CT molecular complexity index is 757. The molecule has 98 valence electrons. The fourth-order valence-electron chi connectivity index (χ4n) is 1.47. The number of sulfone groups is 1. The van der Waals surface area contributed by atoms with Crippen LogP contribution in [0.15, 0.2) is 44.3 Å². The van der Waals surface area contributed by atoms with E-state index < -0.39 is 9.84 Å². The van der Waals surface area contributed by atoms with Gasteiger partial charge in [-0.25, -0.2) is 8.42 Å². The highest BCUT2D eigenvalue weighted by Crippen LogP contribution is 2.32. The monoisotopic (exact) mass is 311 g/mol. The van der Waals surface area contributed by atoms with Crippen molar-refractivity contribution < 1.29 is 13.5 Å². The molecule has 2 aromatic rings. The standard InChI is InChI=1S/C12H9NO3S3/c1-17-10-4-8(14)5-11(6-10)19(15,16)12-3-2-9(7-13)18-12/h2-6,14H,1H3. The average molecular weight is 311 g/mol. The number of nitriles is 1. The number of hydrogen-bond acceptors (Lipinski definition) is 6. The van der Waals surface area contributed by atoms with Crippen LogP contribution < -0.4 is 0 Å². The summed E-state index contributed by atoms with van der Waals surface area (Å²) >= 11 is 2.26. The Morgan fingerprint density at radius 1 is 1.32 bits per heavy atom. The number of phenolic OH excluding ortho intramolecular Hbond substituents is 1. The van der Waals surface area contributed by atoms with Gasteiger partial charge in [0.2, 0.25) is 9.84 Å². The fourth-order valence-corrected chi connectivity index (χ4v) is 4.60. The first-order valence-electron chi connectivity index (χ1n) is 5.10. The molecular weight excluding hydrogens is 302 g/mol. The Kier molecular flexibility index (Phi) is 3.85. The maximum atomic E-state index is 12.4. The lowest BCUT2D eigenvalue weighted by Gasteiger charge is -2.05. The summed E-state index contributed by atoms with van der Waals surface area (Å²) in [4.78, 5) is 1.03. The molecule has 7 heteroatoms. The van der Waals surface area contributed by atoms with Gasteiger partial charge >= 0.3 is 0 Å². The lowest BCUT2D eigenvalue weighted by Crippen LogP contribution is -1.99. The minimum atomic E-state index is -3.69. The molecule has 1 N–H and O–H groups in total. The molecule has 0 saturated carbocycles. The Labute approximate surface area is 119 Å². The molecular formula is C12H9NO3S3. The number of rotatable bonds is 3. The minimum absolute atomic E-state index is 0.0307. The van der Waals surface area contributed by atoms with Gasteiger partial charge in [-0.05, 0) is 36.6 Å². The second-order valence-electron chi connectivity index (χ2n) is 3.60. The van der Waals surface area contributed by atoms with Crippen LogP contribution in [0.25, 0.3) is 0 Å². The van der Waals surface area contributed by atoms with Gasteiger partial charge in [0, 0.05) is 4.90 Å². The molecule has 0 radical (unpaired) electrons. The lowest BCUT2D eigenvalue weighted by atomic mass is 10.3. The van der Waals surface area contributed by atoms with Crippen LogP contribution in [0.2, 0.25) is 0 Å². The molecule has 0 fully saturated rings. The predicted molar refractivity (Wildman–Crippen MR) is 74.4 cm³/mol. The predicted octanol–water partition coefficient (Wildman–Crippen LogP) is 2.88. The number of benzene rings is 1. The summed E-state index contributed by atoms with van der Waals surface area (Å²) < 4.78 is 24.8. The van der Waals surface area contributed by atoms with Gasteiger partial charge in [-0.1, -0.05) is 0 Å². The molecule has 0 saturated heterocycles. The van der Waals surface area contributed by atoms with E-state index in [0.717, 1.165) is 11.3 Å². The zero-order valence-electron chi connectivity index (χ0n) is 9.82. The van der Waals surface area contributed by atoms with Crippen LogP contribution in [0.1, 0.15) is 4.88 Å². The van der Waals surface area contributed by atoms with Crippen molar-refractivity contribution in [2.45, 2.75) is 14.0 Å². The van der Waals surface area contributed by atoms with Crippen molar-refractivity contribution in [3.8, 4) is 11.8 Å². The number of thioether (sulfide) groups is 1. The molecule has 4 nitrogen and oxygen atoms in total. The third-order valence-electron chi connectivity index (χ3n) is 2.37. The molecule has 0 aliphatic carbocycles. The minimum Gasteiger partial charge on any atom is -0.508 e. The highest BCUT2D eigenvalue weighted by atomic mass is 32.2. The highest BCUT2D eigenvalue weighted by Gasteiger charge is 2.21. The van der Waals surface area contributed by atoms with Crippen LogP contribution in [0, 0.1) is 11.3 Å². The van der Waals surface area contributed by atoms with Crippen LogP contribution in [0.3, 0.4) is 0 Å². The average Bonchev–Trinajstić information content (AvgIpc) is 2.87. The second kappa shape index (κ2) is 5.25. The summed E-state index contributed by atoms with van der Waals surface area (Å²) in [6, 6.07) is 8.99. The van der Waals surface area contributed by atoms with E-state index in [2.05, 4.69) is 0 Å². The maximum Gasteiger partial charge on any atom is 0.216 e. The molecule has 0 unspecified atom stereocenters. The summed E-state index contributed by atoms with van der Waals surface area (Å²) in [5, 5.41) is 18.3. The number of hydrogen-bond donors (Lipinski definition) is 1. The van der Waals surface area contributed by atoms with Crippen LogP contribution >= 0.6 is 23.1 Å². The maximum absolute atomic E-state index is 12.4. The van der Waals surface area contributed by atoms with Crippen LogP contribution in [0.4, 0.5) is 0 Å². The number of phenols is 1. The van der Waals surface area contributed by atoms with Crippen LogP contribution in [0.5, 0.6) is 5.75 Å². The summed E-state index contributed by atoms with van der Waals surface area (Å²) in [6.07, 6.45) is 1.80. The zero-order valence-corrected chi connectivity index (χ0v) is 12.3. The molecule has 0 aliphatic heterocycles. The van der Waals surface area contributed by atoms with Crippen molar-refractivity contribution >= 4 is 32.9 Å². The van der Waals surface area contributed by atoms with E-state index >= 15 is 0 Å².